The fourth-order valence-electron chi connectivity index (χ4n) is 2.06. The maximum Gasteiger partial charge on any atom is 0.188 e. The molecule has 21 heavy (non-hydrogen) atoms. The lowest BCUT2D eigenvalue weighted by Crippen LogP contribution is -2.04. The Hall–Kier alpha value is -0.980. The van der Waals surface area contributed by atoms with Crippen LogP contribution in [0.3, 0.4) is 0 Å². The number of thiophene rings is 1. The minimum absolute atomic E-state index is 0.0773. The number of hydrogen-bond acceptors (Lipinski definition) is 3. The molecular formula is C15H15BrF2O2S. The Labute approximate surface area is 134 Å². The molecule has 2 aromatic rings. The SMILES string of the molecule is Cc1cc(F)cc(C)c1Oc1c(Br)sc(CC(C)O)c1F. The number of halogens is 3. The quantitative estimate of drug-likeness (QED) is 0.801. The van der Waals surface area contributed by atoms with Crippen molar-refractivity contribution in [2.75, 3.05) is 0 Å². The molecule has 0 aliphatic rings. The normalized spacial score (nSPS) is 12.5. The molecule has 0 saturated carbocycles. The summed E-state index contributed by atoms with van der Waals surface area (Å²) in [7, 11) is 0. The van der Waals surface area contributed by atoms with Crippen LogP contribution in [0.5, 0.6) is 11.5 Å². The van der Waals surface area contributed by atoms with Crippen LogP contribution in [0.25, 0.3) is 0 Å². The summed E-state index contributed by atoms with van der Waals surface area (Å²) in [6.07, 6.45) is -0.410. The molecule has 1 N–H and O–H groups in total. The average molecular weight is 377 g/mol. The second-order valence-corrected chi connectivity index (χ2v) is 7.39. The first kappa shape index (κ1) is 16.4. The number of benzene rings is 1. The number of ether oxygens (including phenoxy) is 1. The van der Waals surface area contributed by atoms with Crippen molar-refractivity contribution in [2.24, 2.45) is 0 Å². The molecule has 114 valence electrons. The van der Waals surface area contributed by atoms with E-state index in [1.807, 2.05) is 0 Å². The fraction of sp³-hybridized carbons (Fsp3) is 0.333. The second kappa shape index (κ2) is 6.42. The molecule has 6 heteroatoms. The summed E-state index contributed by atoms with van der Waals surface area (Å²) >= 11 is 4.46. The summed E-state index contributed by atoms with van der Waals surface area (Å²) in [6.45, 7) is 5.02. The molecule has 1 aromatic heterocycles. The third-order valence-corrected chi connectivity index (χ3v) is 4.75. The van der Waals surface area contributed by atoms with Crippen molar-refractivity contribution in [1.29, 1.82) is 0 Å². The second-order valence-electron chi connectivity index (χ2n) is 4.97. The highest BCUT2D eigenvalue weighted by Crippen LogP contribution is 2.42. The topological polar surface area (TPSA) is 29.5 Å². The lowest BCUT2D eigenvalue weighted by Gasteiger charge is -2.11. The molecule has 1 heterocycles. The minimum Gasteiger partial charge on any atom is -0.452 e. The highest BCUT2D eigenvalue weighted by atomic mass is 79.9. The van der Waals surface area contributed by atoms with E-state index in [0.29, 0.717) is 25.5 Å². The van der Waals surface area contributed by atoms with Crippen LogP contribution in [0, 0.1) is 25.5 Å². The largest absolute Gasteiger partial charge is 0.452 e. The van der Waals surface area contributed by atoms with Crippen molar-refractivity contribution in [3.63, 3.8) is 0 Å². The van der Waals surface area contributed by atoms with E-state index in [1.165, 1.54) is 23.5 Å². The van der Waals surface area contributed by atoms with Gasteiger partial charge in [-0.25, -0.2) is 8.78 Å². The summed E-state index contributed by atoms with van der Waals surface area (Å²) in [6, 6.07) is 2.69. The van der Waals surface area contributed by atoms with Gasteiger partial charge in [-0.3, -0.25) is 0 Å². The van der Waals surface area contributed by atoms with Crippen LogP contribution in [0.2, 0.25) is 0 Å². The Bertz CT molecular complexity index is 645. The molecule has 1 unspecified atom stereocenters. The molecule has 2 nitrogen and oxygen atoms in total. The number of rotatable bonds is 4. The molecule has 0 spiro atoms. The van der Waals surface area contributed by atoms with Gasteiger partial charge < -0.3 is 9.84 Å². The van der Waals surface area contributed by atoms with E-state index in [4.69, 9.17) is 4.74 Å². The zero-order chi connectivity index (χ0) is 15.7. The molecule has 0 amide bonds. The highest BCUT2D eigenvalue weighted by molar-refractivity contribution is 9.11. The number of aliphatic hydroxyl groups excluding tert-OH is 1. The van der Waals surface area contributed by atoms with Crippen molar-refractivity contribution in [2.45, 2.75) is 33.3 Å². The van der Waals surface area contributed by atoms with Gasteiger partial charge in [0.2, 0.25) is 0 Å². The highest BCUT2D eigenvalue weighted by Gasteiger charge is 2.21. The maximum atomic E-state index is 14.4. The lowest BCUT2D eigenvalue weighted by molar-refractivity contribution is 0.195. The maximum absolute atomic E-state index is 14.4. The average Bonchev–Trinajstić information content (AvgIpc) is 2.59. The van der Waals surface area contributed by atoms with Crippen LogP contribution in [-0.2, 0) is 6.42 Å². The molecule has 1 atom stereocenters. The van der Waals surface area contributed by atoms with Gasteiger partial charge in [-0.1, -0.05) is 0 Å². The number of aryl methyl sites for hydroxylation is 2. The summed E-state index contributed by atoms with van der Waals surface area (Å²) in [5.74, 6) is -0.321. The third kappa shape index (κ3) is 3.62. The Morgan fingerprint density at radius 3 is 2.33 bits per heavy atom. The van der Waals surface area contributed by atoms with Crippen LogP contribution >= 0.6 is 27.3 Å². The van der Waals surface area contributed by atoms with Crippen molar-refractivity contribution in [3.05, 3.63) is 43.6 Å². The van der Waals surface area contributed by atoms with Crippen molar-refractivity contribution in [1.82, 2.24) is 0 Å². The molecule has 0 saturated heterocycles. The van der Waals surface area contributed by atoms with Gasteiger partial charge >= 0.3 is 0 Å². The van der Waals surface area contributed by atoms with E-state index in [1.54, 1.807) is 20.8 Å². The molecule has 1 aromatic carbocycles. The number of hydrogen-bond donors (Lipinski definition) is 1. The van der Waals surface area contributed by atoms with Gasteiger partial charge in [-0.05, 0) is 60.0 Å². The zero-order valence-corrected chi connectivity index (χ0v) is 14.2. The van der Waals surface area contributed by atoms with Gasteiger partial charge in [0.15, 0.2) is 11.6 Å². The van der Waals surface area contributed by atoms with Crippen molar-refractivity contribution < 1.29 is 18.6 Å². The Kier molecular flexibility index (Phi) is 5.01. The van der Waals surface area contributed by atoms with Gasteiger partial charge in [-0.15, -0.1) is 11.3 Å². The Balaban J connectivity index is 2.39. The summed E-state index contributed by atoms with van der Waals surface area (Å²) in [5.41, 5.74) is 1.20. The third-order valence-electron chi connectivity index (χ3n) is 2.95. The first-order chi connectivity index (χ1) is 9.79. The van der Waals surface area contributed by atoms with E-state index >= 15 is 0 Å². The standard InChI is InChI=1S/C15H15BrF2O2S/c1-7-4-10(17)5-8(2)13(7)20-14-12(18)11(6-9(3)19)21-15(14)16/h4-5,9,19H,6H2,1-3H3. The molecular weight excluding hydrogens is 362 g/mol. The van der Waals surface area contributed by atoms with Crippen LogP contribution in [0.15, 0.2) is 15.9 Å². The summed E-state index contributed by atoms with van der Waals surface area (Å²) in [4.78, 5) is 0.421. The van der Waals surface area contributed by atoms with E-state index in [-0.39, 0.29) is 18.0 Å². The molecule has 0 radical (unpaired) electrons. The van der Waals surface area contributed by atoms with Gasteiger partial charge in [0, 0.05) is 11.3 Å². The van der Waals surface area contributed by atoms with Crippen LogP contribution in [0.4, 0.5) is 8.78 Å². The van der Waals surface area contributed by atoms with E-state index < -0.39 is 11.9 Å². The van der Waals surface area contributed by atoms with Crippen molar-refractivity contribution in [3.8, 4) is 11.5 Å². The first-order valence-corrected chi connectivity index (χ1v) is 7.99. The molecule has 0 aliphatic carbocycles. The van der Waals surface area contributed by atoms with Crippen LogP contribution < -0.4 is 4.74 Å². The van der Waals surface area contributed by atoms with Gasteiger partial charge in [0.05, 0.1) is 6.10 Å². The number of aliphatic hydroxyl groups is 1. The predicted molar refractivity (Wildman–Crippen MR) is 83.3 cm³/mol. The van der Waals surface area contributed by atoms with Gasteiger partial charge in [0.1, 0.15) is 15.4 Å². The van der Waals surface area contributed by atoms with E-state index in [2.05, 4.69) is 15.9 Å². The van der Waals surface area contributed by atoms with Crippen molar-refractivity contribution >= 4 is 27.3 Å². The molecule has 0 aliphatic heterocycles. The summed E-state index contributed by atoms with van der Waals surface area (Å²) < 4.78 is 33.8. The van der Waals surface area contributed by atoms with E-state index in [9.17, 15) is 13.9 Å². The Morgan fingerprint density at radius 1 is 1.24 bits per heavy atom. The van der Waals surface area contributed by atoms with E-state index in [0.717, 1.165) is 0 Å². The summed E-state index contributed by atoms with van der Waals surface area (Å²) in [5, 5.41) is 9.38. The Morgan fingerprint density at radius 2 is 1.81 bits per heavy atom. The van der Waals surface area contributed by atoms with Crippen LogP contribution in [0.1, 0.15) is 22.9 Å². The smallest absolute Gasteiger partial charge is 0.188 e. The molecule has 0 fully saturated rings. The minimum atomic E-state index is -0.632. The fourth-order valence-corrected chi connectivity index (χ4v) is 3.85. The van der Waals surface area contributed by atoms with Crippen LogP contribution in [-0.4, -0.2) is 11.2 Å². The molecule has 0 bridgehead atoms. The first-order valence-electron chi connectivity index (χ1n) is 6.39. The monoisotopic (exact) mass is 376 g/mol. The predicted octanol–water partition coefficient (Wildman–Crippen LogP) is 5.12. The van der Waals surface area contributed by atoms with Gasteiger partial charge in [0.25, 0.3) is 0 Å². The zero-order valence-electron chi connectivity index (χ0n) is 11.8. The van der Waals surface area contributed by atoms with Gasteiger partial charge in [-0.2, -0.15) is 0 Å². The molecule has 2 rings (SSSR count). The lowest BCUT2D eigenvalue weighted by atomic mass is 10.1.